The van der Waals surface area contributed by atoms with E-state index in [0.717, 1.165) is 62.5 Å². The van der Waals surface area contributed by atoms with E-state index < -0.39 is 17.7 Å². The fourth-order valence-electron chi connectivity index (χ4n) is 9.31. The molecule has 0 aliphatic rings. The van der Waals surface area contributed by atoms with Gasteiger partial charge in [0.2, 0.25) is 0 Å². The SMILES string of the molecule is CCc1c(C(=O)C(N)=O)c2c(OCC(=O)OCc3ccccc3)c3ccccc3cc2n1Cc1ccccc1.CCc1cc2c(OCC(=O)OCc3ccccc3)c3ccccc3cc2n1Cc1ccccc1. The lowest BCUT2D eigenvalue weighted by Gasteiger charge is -2.13. The number of nitrogens with zero attached hydrogens (tertiary/aromatic N) is 2. The van der Waals surface area contributed by atoms with Crippen molar-refractivity contribution in [3.8, 4) is 11.5 Å². The van der Waals surface area contributed by atoms with E-state index in [1.807, 2.05) is 157 Å². The largest absolute Gasteiger partial charge is 0.481 e. The van der Waals surface area contributed by atoms with E-state index in [9.17, 15) is 19.2 Å². The third-order valence-corrected chi connectivity index (χ3v) is 12.8. The molecule has 0 atom stereocenters. The second kappa shape index (κ2) is 22.9. The van der Waals surface area contributed by atoms with Gasteiger partial charge in [-0.2, -0.15) is 0 Å². The first-order valence-corrected chi connectivity index (χ1v) is 24.4. The van der Waals surface area contributed by atoms with E-state index in [0.29, 0.717) is 40.7 Å². The van der Waals surface area contributed by atoms with Gasteiger partial charge in [-0.25, -0.2) is 9.59 Å². The Bertz CT molecular complexity index is 3570. The number of hydrogen-bond acceptors (Lipinski definition) is 8. The van der Waals surface area contributed by atoms with Crippen molar-refractivity contribution in [2.75, 3.05) is 13.2 Å². The zero-order valence-corrected chi connectivity index (χ0v) is 40.8. The molecule has 0 spiro atoms. The lowest BCUT2D eigenvalue weighted by atomic mass is 10.00. The molecule has 2 heterocycles. The van der Waals surface area contributed by atoms with Crippen molar-refractivity contribution in [1.29, 1.82) is 0 Å². The number of Topliss-reactive ketones (excluding diaryl/α,β-unsaturated/α-hetero) is 1. The summed E-state index contributed by atoms with van der Waals surface area (Å²) in [6.07, 6.45) is 1.38. The van der Waals surface area contributed by atoms with Crippen LogP contribution in [0.2, 0.25) is 0 Å². The molecule has 0 saturated carbocycles. The Balaban J connectivity index is 0.000000181. The van der Waals surface area contributed by atoms with Crippen LogP contribution < -0.4 is 15.2 Å². The van der Waals surface area contributed by atoms with Crippen LogP contribution in [0.1, 0.15) is 57.8 Å². The van der Waals surface area contributed by atoms with Gasteiger partial charge in [-0.05, 0) is 64.1 Å². The van der Waals surface area contributed by atoms with E-state index in [2.05, 4.69) is 54.0 Å². The molecule has 366 valence electrons. The highest BCUT2D eigenvalue weighted by Gasteiger charge is 2.29. The van der Waals surface area contributed by atoms with Gasteiger partial charge in [0, 0.05) is 40.6 Å². The van der Waals surface area contributed by atoms with Gasteiger partial charge in [-0.3, -0.25) is 9.59 Å². The van der Waals surface area contributed by atoms with E-state index in [1.54, 1.807) is 0 Å². The Labute approximate surface area is 423 Å². The van der Waals surface area contributed by atoms with Gasteiger partial charge in [0.25, 0.3) is 11.7 Å². The van der Waals surface area contributed by atoms with Crippen molar-refractivity contribution in [1.82, 2.24) is 9.13 Å². The number of aryl methyl sites for hydroxylation is 1. The third-order valence-electron chi connectivity index (χ3n) is 12.8. The van der Waals surface area contributed by atoms with Crippen LogP contribution in [0.5, 0.6) is 11.5 Å². The number of nitrogens with two attached hydrogens (primary N) is 1. The van der Waals surface area contributed by atoms with Crippen LogP contribution in [0.25, 0.3) is 43.4 Å². The van der Waals surface area contributed by atoms with E-state index in [-0.39, 0.29) is 38.0 Å². The topological polar surface area (TPSA) is 141 Å². The number of ether oxygens (including phenoxy) is 4. The molecule has 0 saturated heterocycles. The molecular formula is C62H55N3O8. The summed E-state index contributed by atoms with van der Waals surface area (Å²) in [5, 5.41) is 5.12. The molecule has 0 bridgehead atoms. The fraction of sp³-hybridized carbons (Fsp3) is 0.161. The van der Waals surface area contributed by atoms with E-state index in [1.165, 1.54) is 11.3 Å². The van der Waals surface area contributed by atoms with Gasteiger partial charge in [0.1, 0.15) is 24.7 Å². The number of rotatable bonds is 18. The number of hydrogen-bond donors (Lipinski definition) is 1. The standard InChI is InChI=1S/C32H28N2O5.C30H27NO3/c1-2-25-28(30(36)32(33)37)29-26(34(25)18-21-11-5-3-6-12-21)17-23-15-9-10-16-24(23)31(29)39-20-27(35)38-19-22-13-7-4-8-14-22;1-2-25-18-27-28(31(25)19-22-11-5-3-6-12-22)17-24-15-9-10-16-26(24)30(27)34-21-29(32)33-20-23-13-7-4-8-14-23/h3-17H,2,18-20H2,1H3,(H2,33,37);3-18H,2,19-21H2,1H3. The molecule has 10 rings (SSSR count). The molecule has 2 N–H and O–H groups in total. The molecule has 0 aliphatic heterocycles. The Morgan fingerprint density at radius 3 is 1.40 bits per heavy atom. The fourth-order valence-corrected chi connectivity index (χ4v) is 9.31. The van der Waals surface area contributed by atoms with Gasteiger partial charge in [-0.1, -0.05) is 184 Å². The molecule has 0 unspecified atom stereocenters. The summed E-state index contributed by atoms with van der Waals surface area (Å²) in [6.45, 7) is 5.19. The predicted molar refractivity (Wildman–Crippen MR) is 286 cm³/mol. The smallest absolute Gasteiger partial charge is 0.344 e. The lowest BCUT2D eigenvalue weighted by molar-refractivity contribution is -0.148. The first kappa shape index (κ1) is 49.0. The molecule has 0 radical (unpaired) electrons. The minimum atomic E-state index is -1.05. The molecule has 1 amide bonds. The van der Waals surface area contributed by atoms with Crippen LogP contribution in [0.4, 0.5) is 0 Å². The van der Waals surface area contributed by atoms with Gasteiger partial charge < -0.3 is 33.8 Å². The molecule has 2 aromatic heterocycles. The summed E-state index contributed by atoms with van der Waals surface area (Å²) in [4.78, 5) is 50.6. The summed E-state index contributed by atoms with van der Waals surface area (Å²) < 4.78 is 27.5. The van der Waals surface area contributed by atoms with Crippen LogP contribution in [0, 0.1) is 0 Å². The number of fused-ring (bicyclic) bond motifs is 4. The molecule has 11 nitrogen and oxygen atoms in total. The number of ketones is 1. The zero-order valence-electron chi connectivity index (χ0n) is 40.8. The lowest BCUT2D eigenvalue weighted by Crippen LogP contribution is -2.24. The van der Waals surface area contributed by atoms with Crippen LogP contribution in [-0.4, -0.2) is 46.0 Å². The second-order valence-electron chi connectivity index (χ2n) is 17.6. The van der Waals surface area contributed by atoms with Crippen LogP contribution in [0.3, 0.4) is 0 Å². The first-order valence-electron chi connectivity index (χ1n) is 24.4. The second-order valence-corrected chi connectivity index (χ2v) is 17.6. The summed E-state index contributed by atoms with van der Waals surface area (Å²) >= 11 is 0. The maximum atomic E-state index is 13.3. The number of esters is 2. The highest BCUT2D eigenvalue weighted by molar-refractivity contribution is 6.45. The summed E-state index contributed by atoms with van der Waals surface area (Å²) in [7, 11) is 0. The van der Waals surface area contributed by atoms with Crippen molar-refractivity contribution in [3.05, 3.63) is 227 Å². The van der Waals surface area contributed by atoms with Gasteiger partial charge >= 0.3 is 11.9 Å². The highest BCUT2D eigenvalue weighted by atomic mass is 16.6. The number of carbonyl (C=O) groups excluding carboxylic acids is 4. The van der Waals surface area contributed by atoms with Crippen LogP contribution >= 0.6 is 0 Å². The molecule has 10 aromatic rings. The molecule has 0 aliphatic carbocycles. The monoisotopic (exact) mass is 969 g/mol. The minimum absolute atomic E-state index is 0.118. The van der Waals surface area contributed by atoms with Crippen LogP contribution in [-0.2, 0) is 63.0 Å². The maximum Gasteiger partial charge on any atom is 0.344 e. The quantitative estimate of drug-likeness (QED) is 0.0509. The average Bonchev–Trinajstić information content (AvgIpc) is 3.94. The molecular weight excluding hydrogens is 915 g/mol. The Morgan fingerprint density at radius 1 is 0.466 bits per heavy atom. The number of primary amides is 1. The van der Waals surface area contributed by atoms with Crippen molar-refractivity contribution < 1.29 is 38.1 Å². The summed E-state index contributed by atoms with van der Waals surface area (Å²) in [6, 6.07) is 61.4. The number of carbonyl (C=O) groups is 4. The van der Waals surface area contributed by atoms with Crippen molar-refractivity contribution >= 4 is 67.0 Å². The molecule has 8 aromatic carbocycles. The zero-order chi connectivity index (χ0) is 50.7. The summed E-state index contributed by atoms with van der Waals surface area (Å²) in [5.41, 5.74) is 13.5. The van der Waals surface area contributed by atoms with Gasteiger partial charge in [-0.15, -0.1) is 0 Å². The summed E-state index contributed by atoms with van der Waals surface area (Å²) in [5.74, 6) is -1.72. The molecule has 73 heavy (non-hydrogen) atoms. The Kier molecular flexibility index (Phi) is 15.4. The van der Waals surface area contributed by atoms with E-state index in [4.69, 9.17) is 24.7 Å². The average molecular weight is 970 g/mol. The number of amides is 1. The van der Waals surface area contributed by atoms with Crippen molar-refractivity contribution in [3.63, 3.8) is 0 Å². The van der Waals surface area contributed by atoms with Gasteiger partial charge in [0.05, 0.1) is 22.0 Å². The van der Waals surface area contributed by atoms with E-state index >= 15 is 0 Å². The third kappa shape index (κ3) is 11.2. The van der Waals surface area contributed by atoms with Crippen molar-refractivity contribution in [2.24, 2.45) is 5.73 Å². The Hall–Kier alpha value is -8.96. The van der Waals surface area contributed by atoms with Crippen molar-refractivity contribution in [2.45, 2.75) is 53.0 Å². The molecule has 11 heteroatoms. The van der Waals surface area contributed by atoms with Crippen LogP contribution in [0.15, 0.2) is 188 Å². The number of benzene rings is 8. The highest BCUT2D eigenvalue weighted by Crippen LogP contribution is 2.41. The molecule has 0 fully saturated rings. The normalized spacial score (nSPS) is 11.0. The first-order chi connectivity index (χ1) is 35.7. The predicted octanol–water partition coefficient (Wildman–Crippen LogP) is 11.7. The van der Waals surface area contributed by atoms with Gasteiger partial charge in [0.15, 0.2) is 13.2 Å². The minimum Gasteiger partial charge on any atom is -0.481 e. The maximum absolute atomic E-state index is 13.3. The number of aromatic nitrogens is 2. The Morgan fingerprint density at radius 2 is 0.904 bits per heavy atom.